The van der Waals surface area contributed by atoms with Crippen LogP contribution in [0.15, 0.2) is 48.5 Å². The van der Waals surface area contributed by atoms with Gasteiger partial charge in [-0.15, -0.1) is 11.3 Å². The van der Waals surface area contributed by atoms with Crippen LogP contribution in [0.1, 0.15) is 37.4 Å². The lowest BCUT2D eigenvalue weighted by molar-refractivity contribution is -0.148. The molecule has 1 aliphatic carbocycles. The van der Waals surface area contributed by atoms with Crippen molar-refractivity contribution in [2.75, 3.05) is 20.3 Å². The summed E-state index contributed by atoms with van der Waals surface area (Å²) in [6.45, 7) is 1.85. The number of fused-ring (bicyclic) bond motifs is 3. The molecule has 0 fully saturated rings. The summed E-state index contributed by atoms with van der Waals surface area (Å²) in [5, 5.41) is 14.7. The van der Waals surface area contributed by atoms with E-state index in [1.807, 2.05) is 24.3 Å². The van der Waals surface area contributed by atoms with E-state index in [-0.39, 0.29) is 31.3 Å². The minimum atomic E-state index is -1.17. The number of aliphatic carboxylic acids is 1. The molecule has 35 heavy (non-hydrogen) atoms. The Kier molecular flexibility index (Phi) is 7.42. The number of nitrogens with zero attached hydrogens (tertiary/aromatic N) is 1. The summed E-state index contributed by atoms with van der Waals surface area (Å²) in [6, 6.07) is 16.2. The van der Waals surface area contributed by atoms with Crippen LogP contribution < -0.4 is 10.6 Å². The highest BCUT2D eigenvalue weighted by Gasteiger charge is 2.29. The Hall–Kier alpha value is -3.76. The Balaban J connectivity index is 1.31. The first kappa shape index (κ1) is 24.4. The second-order valence-electron chi connectivity index (χ2n) is 7.96. The number of carbonyl (C=O) groups excluding carboxylic acids is 2. The lowest BCUT2D eigenvalue weighted by atomic mass is 9.98. The number of thiazole rings is 1. The third-order valence-corrected chi connectivity index (χ3v) is 6.76. The van der Waals surface area contributed by atoms with E-state index in [4.69, 9.17) is 14.6 Å². The number of rotatable bonds is 9. The predicted octanol–water partition coefficient (Wildman–Crippen LogP) is 3.32. The first-order valence-electron chi connectivity index (χ1n) is 11.0. The standard InChI is InChI=1S/C25H25N3O6S/c1-14-22(23(29)26-11-20(33-2)24(30)31)28-21(35-14)12-27-25(32)34-13-19-17-9-5-3-7-15(17)16-8-4-6-10-18(16)19/h3-10,19-20H,11-13H2,1-2H3,(H,26,29)(H,27,32)(H,30,31). The first-order valence-corrected chi connectivity index (χ1v) is 11.8. The van der Waals surface area contributed by atoms with Crippen LogP contribution in [0.3, 0.4) is 0 Å². The third kappa shape index (κ3) is 5.33. The highest BCUT2D eigenvalue weighted by molar-refractivity contribution is 7.11. The number of nitrogens with one attached hydrogen (secondary N) is 2. The van der Waals surface area contributed by atoms with Gasteiger partial charge in [0.1, 0.15) is 17.3 Å². The van der Waals surface area contributed by atoms with Crippen molar-refractivity contribution in [2.24, 2.45) is 0 Å². The second-order valence-corrected chi connectivity index (χ2v) is 9.25. The van der Waals surface area contributed by atoms with Gasteiger partial charge in [0.25, 0.3) is 5.91 Å². The van der Waals surface area contributed by atoms with Crippen LogP contribution in [0.5, 0.6) is 0 Å². The maximum atomic E-state index is 12.4. The summed E-state index contributed by atoms with van der Waals surface area (Å²) in [6.07, 6.45) is -1.72. The van der Waals surface area contributed by atoms with E-state index < -0.39 is 24.1 Å². The summed E-state index contributed by atoms with van der Waals surface area (Å²) in [7, 11) is 1.26. The maximum Gasteiger partial charge on any atom is 0.407 e. The molecular weight excluding hydrogens is 470 g/mol. The van der Waals surface area contributed by atoms with Crippen molar-refractivity contribution in [1.29, 1.82) is 0 Å². The highest BCUT2D eigenvalue weighted by Crippen LogP contribution is 2.44. The van der Waals surface area contributed by atoms with Crippen LogP contribution in [0, 0.1) is 6.92 Å². The fourth-order valence-electron chi connectivity index (χ4n) is 4.08. The molecule has 2 aromatic carbocycles. The Labute approximate surface area is 206 Å². The number of hydrogen-bond acceptors (Lipinski definition) is 7. The third-order valence-electron chi connectivity index (χ3n) is 5.79. The Bertz CT molecular complexity index is 1210. The average Bonchev–Trinajstić information content (AvgIpc) is 3.39. The molecule has 0 spiro atoms. The highest BCUT2D eigenvalue weighted by atomic mass is 32.1. The largest absolute Gasteiger partial charge is 0.479 e. The molecule has 0 saturated carbocycles. The fraction of sp³-hybridized carbons (Fsp3) is 0.280. The van der Waals surface area contributed by atoms with E-state index in [0.29, 0.717) is 9.88 Å². The van der Waals surface area contributed by atoms with Gasteiger partial charge in [-0.3, -0.25) is 4.79 Å². The number of amides is 2. The van der Waals surface area contributed by atoms with Crippen molar-refractivity contribution in [1.82, 2.24) is 15.6 Å². The number of aryl methyl sites for hydroxylation is 1. The average molecular weight is 496 g/mol. The number of benzene rings is 2. The van der Waals surface area contributed by atoms with Crippen molar-refractivity contribution in [3.63, 3.8) is 0 Å². The molecule has 0 aliphatic heterocycles. The normalized spacial score (nSPS) is 13.0. The molecule has 2 amide bonds. The molecule has 182 valence electrons. The van der Waals surface area contributed by atoms with Gasteiger partial charge in [0.2, 0.25) is 0 Å². The summed E-state index contributed by atoms with van der Waals surface area (Å²) < 4.78 is 10.3. The van der Waals surface area contributed by atoms with E-state index in [1.54, 1.807) is 6.92 Å². The molecule has 4 rings (SSSR count). The summed E-state index contributed by atoms with van der Waals surface area (Å²) >= 11 is 1.27. The quantitative estimate of drug-likeness (QED) is 0.416. The van der Waals surface area contributed by atoms with Gasteiger partial charge in [0, 0.05) is 17.9 Å². The number of hydrogen-bond donors (Lipinski definition) is 3. The van der Waals surface area contributed by atoms with Gasteiger partial charge in [-0.25, -0.2) is 14.6 Å². The number of aromatic nitrogens is 1. The SMILES string of the molecule is COC(CNC(=O)c1nc(CNC(=O)OCC2c3ccccc3-c3ccccc32)sc1C)C(=O)O. The van der Waals surface area contributed by atoms with Crippen molar-refractivity contribution in [3.8, 4) is 11.1 Å². The Morgan fingerprint density at radius 2 is 1.69 bits per heavy atom. The number of methoxy groups -OCH3 is 1. The van der Waals surface area contributed by atoms with E-state index in [0.717, 1.165) is 22.3 Å². The second kappa shape index (κ2) is 10.7. The zero-order valence-electron chi connectivity index (χ0n) is 19.2. The van der Waals surface area contributed by atoms with E-state index in [1.165, 1.54) is 18.4 Å². The lowest BCUT2D eigenvalue weighted by Crippen LogP contribution is -2.38. The molecule has 3 N–H and O–H groups in total. The van der Waals surface area contributed by atoms with Crippen LogP contribution in [0.25, 0.3) is 11.1 Å². The van der Waals surface area contributed by atoms with Crippen LogP contribution >= 0.6 is 11.3 Å². The van der Waals surface area contributed by atoms with Crippen LogP contribution in [0.2, 0.25) is 0 Å². The van der Waals surface area contributed by atoms with Gasteiger partial charge in [0.15, 0.2) is 6.10 Å². The molecule has 3 aromatic rings. The summed E-state index contributed by atoms with van der Waals surface area (Å²) in [4.78, 5) is 40.7. The van der Waals surface area contributed by atoms with E-state index in [9.17, 15) is 14.4 Å². The van der Waals surface area contributed by atoms with Crippen molar-refractivity contribution in [3.05, 3.63) is 75.2 Å². The number of carbonyl (C=O) groups is 3. The Morgan fingerprint density at radius 3 is 2.29 bits per heavy atom. The summed E-state index contributed by atoms with van der Waals surface area (Å²) in [5.41, 5.74) is 4.75. The number of alkyl carbamates (subject to hydrolysis) is 1. The molecule has 1 heterocycles. The lowest BCUT2D eigenvalue weighted by Gasteiger charge is -2.14. The minimum Gasteiger partial charge on any atom is -0.479 e. The van der Waals surface area contributed by atoms with E-state index in [2.05, 4.69) is 39.9 Å². The van der Waals surface area contributed by atoms with Crippen molar-refractivity contribution < 1.29 is 29.0 Å². The summed E-state index contributed by atoms with van der Waals surface area (Å²) in [5.74, 6) is -1.71. The molecule has 1 atom stereocenters. The van der Waals surface area contributed by atoms with Gasteiger partial charge in [0.05, 0.1) is 13.1 Å². The van der Waals surface area contributed by atoms with Gasteiger partial charge >= 0.3 is 12.1 Å². The minimum absolute atomic E-state index is 0.0349. The van der Waals surface area contributed by atoms with E-state index >= 15 is 0 Å². The van der Waals surface area contributed by atoms with Gasteiger partial charge in [-0.2, -0.15) is 0 Å². The molecule has 9 nitrogen and oxygen atoms in total. The predicted molar refractivity (Wildman–Crippen MR) is 130 cm³/mol. The fourth-order valence-corrected chi connectivity index (χ4v) is 4.95. The van der Waals surface area contributed by atoms with Crippen LogP contribution in [0.4, 0.5) is 4.79 Å². The molecule has 0 radical (unpaired) electrons. The molecule has 0 bridgehead atoms. The molecule has 0 saturated heterocycles. The van der Waals surface area contributed by atoms with Gasteiger partial charge in [-0.05, 0) is 29.2 Å². The molecule has 10 heteroatoms. The number of carboxylic acid groups (broad SMARTS) is 1. The molecule has 1 aliphatic rings. The zero-order valence-corrected chi connectivity index (χ0v) is 20.1. The van der Waals surface area contributed by atoms with Gasteiger partial charge in [-0.1, -0.05) is 48.5 Å². The zero-order chi connectivity index (χ0) is 24.9. The smallest absolute Gasteiger partial charge is 0.407 e. The molecule has 1 aromatic heterocycles. The maximum absolute atomic E-state index is 12.4. The monoisotopic (exact) mass is 495 g/mol. The molecular formula is C25H25N3O6S. The van der Waals surface area contributed by atoms with Crippen LogP contribution in [-0.4, -0.2) is 54.4 Å². The number of carboxylic acids is 1. The van der Waals surface area contributed by atoms with Gasteiger partial charge < -0.3 is 25.2 Å². The van der Waals surface area contributed by atoms with Crippen molar-refractivity contribution >= 4 is 29.3 Å². The Morgan fingerprint density at radius 1 is 1.06 bits per heavy atom. The molecule has 1 unspecified atom stereocenters. The first-order chi connectivity index (χ1) is 16.9. The topological polar surface area (TPSA) is 127 Å². The van der Waals surface area contributed by atoms with Crippen molar-refractivity contribution in [2.45, 2.75) is 25.5 Å². The van der Waals surface area contributed by atoms with Crippen LogP contribution in [-0.2, 0) is 20.8 Å². The number of ether oxygens (including phenoxy) is 2.